The third-order valence-corrected chi connectivity index (χ3v) is 9.39. The molecule has 0 aliphatic carbocycles. The first kappa shape index (κ1) is 16.3. The zero-order chi connectivity index (χ0) is 15.9. The third kappa shape index (κ3) is 3.22. The Bertz CT molecular complexity index is 630. The molecule has 0 aromatic heterocycles. The summed E-state index contributed by atoms with van der Waals surface area (Å²) < 4.78 is 6.72. The van der Waals surface area contributed by atoms with E-state index < -0.39 is 8.32 Å². The third-order valence-electron chi connectivity index (χ3n) is 4.75. The fourth-order valence-corrected chi connectivity index (χ4v) is 4.29. The van der Waals surface area contributed by atoms with Crippen LogP contribution >= 0.6 is 0 Å². The Balaban J connectivity index is 2.48. The van der Waals surface area contributed by atoms with E-state index in [1.807, 2.05) is 0 Å². The largest absolute Gasteiger partial charge is 0.408 e. The number of fused-ring (bicyclic) bond motifs is 1. The summed E-state index contributed by atoms with van der Waals surface area (Å²) in [7, 11) is -1.81. The minimum Gasteiger partial charge on any atom is -0.408 e. The summed E-state index contributed by atoms with van der Waals surface area (Å²) in [6, 6.07) is 15.1. The van der Waals surface area contributed by atoms with Crippen molar-refractivity contribution in [2.24, 2.45) is 0 Å². The van der Waals surface area contributed by atoms with Crippen molar-refractivity contribution in [1.29, 1.82) is 0 Å². The fraction of sp³-hybridized carbons (Fsp3) is 0.474. The molecule has 0 heterocycles. The molecule has 2 rings (SSSR count). The summed E-state index contributed by atoms with van der Waals surface area (Å²) in [5.41, 5.74) is 1.01. The second kappa shape index (κ2) is 5.26. The molecular formula is C19H28OSi. The zero-order valence-electron chi connectivity index (χ0n) is 14.4. The van der Waals surface area contributed by atoms with Crippen molar-refractivity contribution in [2.75, 3.05) is 0 Å². The van der Waals surface area contributed by atoms with E-state index in [1.165, 1.54) is 16.3 Å². The van der Waals surface area contributed by atoms with Crippen LogP contribution in [-0.2, 0) is 10.0 Å². The first-order chi connectivity index (χ1) is 9.55. The molecule has 0 fully saturated rings. The van der Waals surface area contributed by atoms with Crippen LogP contribution in [0, 0.1) is 0 Å². The summed E-state index contributed by atoms with van der Waals surface area (Å²) in [6.45, 7) is 15.9. The van der Waals surface area contributed by atoms with Gasteiger partial charge in [-0.15, -0.1) is 0 Å². The maximum Gasteiger partial charge on any atom is 0.193 e. The minimum absolute atomic E-state index is 0.217. The van der Waals surface area contributed by atoms with Crippen LogP contribution in [0.25, 0.3) is 10.8 Å². The molecule has 0 aliphatic heterocycles. The van der Waals surface area contributed by atoms with Gasteiger partial charge >= 0.3 is 0 Å². The SMILES string of the molecule is CC(C)(O[Si](C)(C)C(C)(C)C)c1cccc2ccccc12. The van der Waals surface area contributed by atoms with Crippen molar-refractivity contribution in [3.63, 3.8) is 0 Å². The maximum atomic E-state index is 6.72. The molecule has 0 saturated carbocycles. The average Bonchev–Trinajstić information content (AvgIpc) is 2.35. The van der Waals surface area contributed by atoms with Crippen LogP contribution < -0.4 is 0 Å². The highest BCUT2D eigenvalue weighted by Crippen LogP contribution is 2.42. The van der Waals surface area contributed by atoms with E-state index >= 15 is 0 Å². The molecule has 0 bridgehead atoms. The van der Waals surface area contributed by atoms with Gasteiger partial charge in [-0.05, 0) is 48.3 Å². The summed E-state index contributed by atoms with van der Waals surface area (Å²) in [4.78, 5) is 0. The molecule has 0 unspecified atom stereocenters. The van der Waals surface area contributed by atoms with E-state index in [-0.39, 0.29) is 10.6 Å². The quantitative estimate of drug-likeness (QED) is 0.623. The van der Waals surface area contributed by atoms with E-state index in [1.54, 1.807) is 0 Å². The monoisotopic (exact) mass is 300 g/mol. The zero-order valence-corrected chi connectivity index (χ0v) is 15.4. The second-order valence-corrected chi connectivity index (χ2v) is 12.6. The highest BCUT2D eigenvalue weighted by atomic mass is 28.4. The lowest BCUT2D eigenvalue weighted by atomic mass is 9.93. The maximum absolute atomic E-state index is 6.72. The Morgan fingerprint density at radius 2 is 1.38 bits per heavy atom. The van der Waals surface area contributed by atoms with Crippen molar-refractivity contribution in [1.82, 2.24) is 0 Å². The van der Waals surface area contributed by atoms with E-state index in [2.05, 4.69) is 90.2 Å². The van der Waals surface area contributed by atoms with Gasteiger partial charge in [0.25, 0.3) is 0 Å². The molecule has 114 valence electrons. The molecule has 0 N–H and O–H groups in total. The summed E-state index contributed by atoms with van der Waals surface area (Å²) >= 11 is 0. The summed E-state index contributed by atoms with van der Waals surface area (Å²) in [6.07, 6.45) is 0. The van der Waals surface area contributed by atoms with E-state index in [4.69, 9.17) is 4.43 Å². The smallest absolute Gasteiger partial charge is 0.193 e. The second-order valence-electron chi connectivity index (χ2n) is 7.90. The van der Waals surface area contributed by atoms with Crippen molar-refractivity contribution in [3.8, 4) is 0 Å². The Morgan fingerprint density at radius 3 is 2.00 bits per heavy atom. The van der Waals surface area contributed by atoms with Crippen LogP contribution in [0.4, 0.5) is 0 Å². The van der Waals surface area contributed by atoms with Gasteiger partial charge in [0.15, 0.2) is 8.32 Å². The molecule has 0 amide bonds. The topological polar surface area (TPSA) is 9.23 Å². The van der Waals surface area contributed by atoms with Gasteiger partial charge in [-0.2, -0.15) is 0 Å². The van der Waals surface area contributed by atoms with Gasteiger partial charge in [0, 0.05) is 0 Å². The standard InChI is InChI=1S/C19H28OSi/c1-18(2,3)21(6,7)20-19(4,5)17-14-10-12-15-11-8-9-13-16(15)17/h8-14H,1-7H3. The minimum atomic E-state index is -1.81. The Labute approximate surface area is 130 Å². The lowest BCUT2D eigenvalue weighted by Crippen LogP contribution is -2.46. The highest BCUT2D eigenvalue weighted by molar-refractivity contribution is 6.74. The molecule has 0 spiro atoms. The summed E-state index contributed by atoms with van der Waals surface area (Å²) in [5.74, 6) is 0. The molecule has 0 saturated heterocycles. The molecule has 0 aliphatic rings. The van der Waals surface area contributed by atoms with Crippen molar-refractivity contribution < 1.29 is 4.43 Å². The van der Waals surface area contributed by atoms with E-state index in [9.17, 15) is 0 Å². The van der Waals surface area contributed by atoms with Gasteiger partial charge in [0.1, 0.15) is 0 Å². The number of hydrogen-bond acceptors (Lipinski definition) is 1. The first-order valence-corrected chi connectivity index (χ1v) is 10.6. The van der Waals surface area contributed by atoms with Crippen molar-refractivity contribution >= 4 is 19.1 Å². The lowest BCUT2D eigenvalue weighted by Gasteiger charge is -2.43. The molecular weight excluding hydrogens is 272 g/mol. The van der Waals surface area contributed by atoms with Crippen LogP contribution in [0.1, 0.15) is 40.2 Å². The van der Waals surface area contributed by atoms with Gasteiger partial charge in [0.05, 0.1) is 5.60 Å². The highest BCUT2D eigenvalue weighted by Gasteiger charge is 2.42. The van der Waals surface area contributed by atoms with Crippen LogP contribution in [0.15, 0.2) is 42.5 Å². The van der Waals surface area contributed by atoms with Gasteiger partial charge in [-0.25, -0.2) is 0 Å². The van der Waals surface area contributed by atoms with Gasteiger partial charge in [0.2, 0.25) is 0 Å². The molecule has 2 aromatic carbocycles. The predicted octanol–water partition coefficient (Wildman–Crippen LogP) is 6.10. The molecule has 0 radical (unpaired) electrons. The number of rotatable bonds is 3. The van der Waals surface area contributed by atoms with E-state index in [0.29, 0.717) is 0 Å². The van der Waals surface area contributed by atoms with Gasteiger partial charge in [-0.1, -0.05) is 63.2 Å². The molecule has 0 atom stereocenters. The molecule has 21 heavy (non-hydrogen) atoms. The van der Waals surface area contributed by atoms with Crippen molar-refractivity contribution in [3.05, 3.63) is 48.0 Å². The molecule has 2 aromatic rings. The summed E-state index contributed by atoms with van der Waals surface area (Å²) in [5, 5.41) is 2.79. The van der Waals surface area contributed by atoms with Gasteiger partial charge < -0.3 is 4.43 Å². The predicted molar refractivity (Wildman–Crippen MR) is 95.3 cm³/mol. The Morgan fingerprint density at radius 1 is 0.810 bits per heavy atom. The van der Waals surface area contributed by atoms with Crippen LogP contribution in [0.3, 0.4) is 0 Å². The van der Waals surface area contributed by atoms with Crippen LogP contribution in [-0.4, -0.2) is 8.32 Å². The lowest BCUT2D eigenvalue weighted by molar-refractivity contribution is 0.0917. The van der Waals surface area contributed by atoms with Gasteiger partial charge in [-0.3, -0.25) is 0 Å². The Hall–Kier alpha value is -1.12. The Kier molecular flexibility index (Phi) is 4.07. The first-order valence-electron chi connectivity index (χ1n) is 7.73. The number of benzene rings is 2. The van der Waals surface area contributed by atoms with Crippen LogP contribution in [0.2, 0.25) is 18.1 Å². The molecule has 2 heteroatoms. The van der Waals surface area contributed by atoms with Crippen molar-refractivity contribution in [2.45, 2.75) is 58.4 Å². The molecule has 1 nitrogen and oxygen atoms in total. The normalized spacial score (nSPS) is 13.7. The van der Waals surface area contributed by atoms with E-state index in [0.717, 1.165) is 0 Å². The van der Waals surface area contributed by atoms with Crippen LogP contribution in [0.5, 0.6) is 0 Å². The fourth-order valence-electron chi connectivity index (χ4n) is 2.60. The average molecular weight is 301 g/mol. The number of hydrogen-bond donors (Lipinski definition) is 0.